The van der Waals surface area contributed by atoms with Crippen molar-refractivity contribution in [2.45, 2.75) is 12.8 Å². The van der Waals surface area contributed by atoms with Gasteiger partial charge in [0.25, 0.3) is 0 Å². The number of hydrogen-bond donors (Lipinski definition) is 2. The molecule has 1 aliphatic rings. The van der Waals surface area contributed by atoms with Gasteiger partial charge < -0.3 is 16.0 Å². The van der Waals surface area contributed by atoms with Crippen molar-refractivity contribution in [3.8, 4) is 0 Å². The molecule has 0 saturated carbocycles. The molecule has 0 radical (unpaired) electrons. The predicted octanol–water partition coefficient (Wildman–Crippen LogP) is 2.02. The average molecular weight is 302 g/mol. The summed E-state index contributed by atoms with van der Waals surface area (Å²) in [5.41, 5.74) is 6.52. The molecule has 3 N–H and O–H groups in total. The van der Waals surface area contributed by atoms with E-state index in [-0.39, 0.29) is 24.8 Å². The highest BCUT2D eigenvalue weighted by Gasteiger charge is 2.24. The molecule has 2 rings (SSSR count). The minimum Gasteiger partial charge on any atom is -0.374 e. The molecular formula is C12H13Cl2N3O2. The smallest absolute Gasteiger partial charge is 0.246 e. The van der Waals surface area contributed by atoms with Gasteiger partial charge in [0.15, 0.2) is 0 Å². The van der Waals surface area contributed by atoms with E-state index in [1.807, 2.05) is 0 Å². The fourth-order valence-corrected chi connectivity index (χ4v) is 2.28. The summed E-state index contributed by atoms with van der Waals surface area (Å²) in [6, 6.07) is 3.33. The zero-order valence-corrected chi connectivity index (χ0v) is 11.6. The van der Waals surface area contributed by atoms with Gasteiger partial charge in [0.1, 0.15) is 0 Å². The summed E-state index contributed by atoms with van der Waals surface area (Å²) in [4.78, 5) is 24.2. The number of primary amides is 1. The molecule has 0 atom stereocenters. The zero-order chi connectivity index (χ0) is 14.0. The number of amides is 2. The molecule has 5 nitrogen and oxygen atoms in total. The van der Waals surface area contributed by atoms with Crippen molar-refractivity contribution in [1.82, 2.24) is 0 Å². The average Bonchev–Trinajstić information content (AvgIpc) is 2.34. The molecule has 2 amide bonds. The van der Waals surface area contributed by atoms with Crippen LogP contribution in [0.4, 0.5) is 11.4 Å². The van der Waals surface area contributed by atoms with E-state index in [4.69, 9.17) is 28.9 Å². The highest BCUT2D eigenvalue weighted by molar-refractivity contribution is 6.42. The number of anilines is 2. The largest absolute Gasteiger partial charge is 0.374 e. The summed E-state index contributed by atoms with van der Waals surface area (Å²) in [7, 11) is 0. The molecular weight excluding hydrogens is 289 g/mol. The quantitative estimate of drug-likeness (QED) is 0.893. The number of hydrogen-bond acceptors (Lipinski definition) is 3. The minimum atomic E-state index is -0.378. The number of carbonyl (C=O) groups excluding carboxylic acids is 2. The van der Waals surface area contributed by atoms with Crippen molar-refractivity contribution in [3.63, 3.8) is 0 Å². The van der Waals surface area contributed by atoms with E-state index < -0.39 is 0 Å². The number of nitrogens with zero attached hydrogens (tertiary/aromatic N) is 1. The molecule has 7 heteroatoms. The Kier molecular flexibility index (Phi) is 4.17. The normalized spacial score (nSPS) is 14.0. The monoisotopic (exact) mass is 301 g/mol. The van der Waals surface area contributed by atoms with E-state index in [2.05, 4.69) is 5.32 Å². The first-order valence-corrected chi connectivity index (χ1v) is 6.56. The summed E-state index contributed by atoms with van der Waals surface area (Å²) in [5.74, 6) is -0.452. The van der Waals surface area contributed by atoms with Crippen LogP contribution in [-0.4, -0.2) is 24.9 Å². The van der Waals surface area contributed by atoms with Gasteiger partial charge in [0.2, 0.25) is 11.8 Å². The maximum absolute atomic E-state index is 11.9. The van der Waals surface area contributed by atoms with Gasteiger partial charge in [0.05, 0.1) is 28.0 Å². The molecule has 0 saturated heterocycles. The molecule has 0 spiro atoms. The first-order chi connectivity index (χ1) is 8.99. The van der Waals surface area contributed by atoms with Crippen LogP contribution in [-0.2, 0) is 9.59 Å². The number of nitrogens with one attached hydrogen (secondary N) is 1. The molecule has 0 aliphatic carbocycles. The Hall–Kier alpha value is -1.46. The van der Waals surface area contributed by atoms with Crippen molar-refractivity contribution in [2.75, 3.05) is 23.3 Å². The summed E-state index contributed by atoms with van der Waals surface area (Å²) in [5, 5.41) is 3.80. The predicted molar refractivity (Wildman–Crippen MR) is 75.7 cm³/mol. The fourth-order valence-electron chi connectivity index (χ4n) is 1.96. The Morgan fingerprint density at radius 1 is 1.37 bits per heavy atom. The van der Waals surface area contributed by atoms with Crippen LogP contribution in [0.2, 0.25) is 10.0 Å². The lowest BCUT2D eigenvalue weighted by Gasteiger charge is -2.30. The van der Waals surface area contributed by atoms with Crippen LogP contribution < -0.4 is 16.0 Å². The first-order valence-electron chi connectivity index (χ1n) is 5.80. The van der Waals surface area contributed by atoms with Gasteiger partial charge in [-0.2, -0.15) is 0 Å². The fraction of sp³-hybridized carbons (Fsp3) is 0.333. The first kappa shape index (κ1) is 14.0. The lowest BCUT2D eigenvalue weighted by molar-refractivity contribution is -0.119. The van der Waals surface area contributed by atoms with Crippen molar-refractivity contribution < 1.29 is 9.59 Å². The molecule has 0 bridgehead atoms. The maximum atomic E-state index is 11.9. The second-order valence-corrected chi connectivity index (χ2v) is 5.07. The zero-order valence-electron chi connectivity index (χ0n) is 10.1. The standard InChI is InChI=1S/C12H13Cl2N3O2/c13-7-4-9-10(5-8(7)14)17(12(19)6-16-9)3-1-2-11(15)18/h4-5,16H,1-3,6H2,(H2,15,18). The SMILES string of the molecule is NC(=O)CCCN1C(=O)CNc2cc(Cl)c(Cl)cc21. The second kappa shape index (κ2) is 5.67. The van der Waals surface area contributed by atoms with Crippen LogP contribution in [0.15, 0.2) is 12.1 Å². The molecule has 0 unspecified atom stereocenters. The van der Waals surface area contributed by atoms with E-state index in [1.54, 1.807) is 17.0 Å². The van der Waals surface area contributed by atoms with Gasteiger partial charge in [-0.25, -0.2) is 0 Å². The van der Waals surface area contributed by atoms with Crippen molar-refractivity contribution in [2.24, 2.45) is 5.73 Å². The molecule has 1 heterocycles. The van der Waals surface area contributed by atoms with E-state index >= 15 is 0 Å². The van der Waals surface area contributed by atoms with Crippen LogP contribution in [0, 0.1) is 0 Å². The van der Waals surface area contributed by atoms with Crippen molar-refractivity contribution in [1.29, 1.82) is 0 Å². The van der Waals surface area contributed by atoms with Crippen LogP contribution in [0.3, 0.4) is 0 Å². The van der Waals surface area contributed by atoms with E-state index in [0.29, 0.717) is 28.7 Å². The highest BCUT2D eigenvalue weighted by atomic mass is 35.5. The van der Waals surface area contributed by atoms with Crippen LogP contribution >= 0.6 is 23.2 Å². The van der Waals surface area contributed by atoms with Gasteiger partial charge in [-0.3, -0.25) is 9.59 Å². The van der Waals surface area contributed by atoms with Crippen LogP contribution in [0.5, 0.6) is 0 Å². The molecule has 102 valence electrons. The maximum Gasteiger partial charge on any atom is 0.246 e. The number of carbonyl (C=O) groups is 2. The molecule has 1 aliphatic heterocycles. The Morgan fingerprint density at radius 3 is 2.74 bits per heavy atom. The lowest BCUT2D eigenvalue weighted by atomic mass is 10.1. The number of benzene rings is 1. The minimum absolute atomic E-state index is 0.0737. The molecule has 1 aromatic rings. The Bertz CT molecular complexity index is 534. The topological polar surface area (TPSA) is 75.4 Å². The third-order valence-electron chi connectivity index (χ3n) is 2.87. The summed E-state index contributed by atoms with van der Waals surface area (Å²) in [6.07, 6.45) is 0.759. The number of fused-ring (bicyclic) bond motifs is 1. The van der Waals surface area contributed by atoms with Crippen molar-refractivity contribution >= 4 is 46.4 Å². The Labute approximate surface area is 120 Å². The van der Waals surface area contributed by atoms with Gasteiger partial charge in [-0.1, -0.05) is 23.2 Å². The van der Waals surface area contributed by atoms with Crippen molar-refractivity contribution in [3.05, 3.63) is 22.2 Å². The second-order valence-electron chi connectivity index (χ2n) is 4.25. The van der Waals surface area contributed by atoms with E-state index in [9.17, 15) is 9.59 Å². The summed E-state index contributed by atoms with van der Waals surface area (Å²) < 4.78 is 0. The third-order valence-corrected chi connectivity index (χ3v) is 3.59. The molecule has 19 heavy (non-hydrogen) atoms. The van der Waals surface area contributed by atoms with Gasteiger partial charge in [-0.05, 0) is 18.6 Å². The molecule has 0 fully saturated rings. The molecule has 1 aromatic carbocycles. The van der Waals surface area contributed by atoms with Gasteiger partial charge in [0, 0.05) is 13.0 Å². The van der Waals surface area contributed by atoms with Crippen LogP contribution in [0.1, 0.15) is 12.8 Å². The number of rotatable bonds is 4. The lowest BCUT2D eigenvalue weighted by Crippen LogP contribution is -2.40. The van der Waals surface area contributed by atoms with Gasteiger partial charge >= 0.3 is 0 Å². The number of halogens is 2. The Morgan fingerprint density at radius 2 is 2.05 bits per heavy atom. The Balaban J connectivity index is 2.22. The van der Waals surface area contributed by atoms with Gasteiger partial charge in [-0.15, -0.1) is 0 Å². The molecule has 0 aromatic heterocycles. The van der Waals surface area contributed by atoms with Crippen LogP contribution in [0.25, 0.3) is 0 Å². The summed E-state index contributed by atoms with van der Waals surface area (Å²) >= 11 is 11.9. The third kappa shape index (κ3) is 3.11. The summed E-state index contributed by atoms with van der Waals surface area (Å²) in [6.45, 7) is 0.621. The highest BCUT2D eigenvalue weighted by Crippen LogP contribution is 2.36. The number of nitrogens with two attached hydrogens (primary N) is 1. The van der Waals surface area contributed by atoms with E-state index in [0.717, 1.165) is 5.69 Å². The van der Waals surface area contributed by atoms with E-state index in [1.165, 1.54) is 0 Å².